The van der Waals surface area contributed by atoms with E-state index in [4.69, 9.17) is 9.47 Å². The fourth-order valence-electron chi connectivity index (χ4n) is 2.66. The van der Waals surface area contributed by atoms with E-state index in [0.717, 1.165) is 16.5 Å². The second-order valence-corrected chi connectivity index (χ2v) is 5.42. The average Bonchev–Trinajstić information content (AvgIpc) is 3.05. The number of hydrogen-bond donors (Lipinski definition) is 2. The fourth-order valence-corrected chi connectivity index (χ4v) is 2.66. The van der Waals surface area contributed by atoms with Gasteiger partial charge >= 0.3 is 0 Å². The van der Waals surface area contributed by atoms with Crippen molar-refractivity contribution in [3.63, 3.8) is 0 Å². The van der Waals surface area contributed by atoms with Crippen molar-refractivity contribution in [3.05, 3.63) is 53.7 Å². The van der Waals surface area contributed by atoms with Crippen LogP contribution >= 0.6 is 0 Å². The molecule has 0 radical (unpaired) electrons. The number of fused-ring (bicyclic) bond motifs is 1. The van der Waals surface area contributed by atoms with Crippen LogP contribution in [0.4, 0.5) is 0 Å². The lowest BCUT2D eigenvalue weighted by Gasteiger charge is -2.17. The number of hydrogen-bond acceptors (Lipinski definition) is 4. The molecule has 3 rings (SSSR count). The lowest BCUT2D eigenvalue weighted by molar-refractivity contribution is 0.0936. The molecule has 2 aromatic carbocycles. The molecular formula is C18H19N3O3. The van der Waals surface area contributed by atoms with Gasteiger partial charge in [-0.3, -0.25) is 9.89 Å². The summed E-state index contributed by atoms with van der Waals surface area (Å²) in [5.74, 6) is 1.15. The Morgan fingerprint density at radius 3 is 2.71 bits per heavy atom. The average molecular weight is 325 g/mol. The van der Waals surface area contributed by atoms with E-state index >= 15 is 0 Å². The molecule has 0 aliphatic carbocycles. The van der Waals surface area contributed by atoms with Crippen LogP contribution in [0.1, 0.15) is 29.0 Å². The molecule has 0 fully saturated rings. The number of nitrogens with zero attached hydrogens (tertiary/aromatic N) is 1. The van der Waals surface area contributed by atoms with E-state index in [1.54, 1.807) is 14.2 Å². The Morgan fingerprint density at radius 2 is 1.96 bits per heavy atom. The van der Waals surface area contributed by atoms with Crippen LogP contribution in [-0.4, -0.2) is 30.3 Å². The molecule has 24 heavy (non-hydrogen) atoms. The van der Waals surface area contributed by atoms with E-state index in [1.165, 1.54) is 0 Å². The van der Waals surface area contributed by atoms with Gasteiger partial charge in [-0.15, -0.1) is 0 Å². The van der Waals surface area contributed by atoms with Crippen molar-refractivity contribution in [1.82, 2.24) is 15.5 Å². The number of amides is 1. The lowest BCUT2D eigenvalue weighted by Crippen LogP contribution is -2.27. The highest BCUT2D eigenvalue weighted by molar-refractivity contribution is 6.04. The molecule has 1 atom stereocenters. The maximum Gasteiger partial charge on any atom is 0.272 e. The first-order valence-electron chi connectivity index (χ1n) is 7.60. The molecule has 0 spiro atoms. The number of benzene rings is 2. The Hall–Kier alpha value is -3.02. The third-order valence-corrected chi connectivity index (χ3v) is 3.94. The number of carbonyl (C=O) groups is 1. The second-order valence-electron chi connectivity index (χ2n) is 5.42. The lowest BCUT2D eigenvalue weighted by atomic mass is 10.1. The van der Waals surface area contributed by atoms with Gasteiger partial charge in [0, 0.05) is 10.9 Å². The molecule has 124 valence electrons. The minimum Gasteiger partial charge on any atom is -0.497 e. The standard InChI is InChI=1S/C18H19N3O3/c1-11(14-10-12(23-2)8-9-16(14)24-3)19-18(22)17-13-6-4-5-7-15(13)20-21-17/h4-11H,1-3H3,(H,19,22)(H,20,21)/t11-/m0/s1. The van der Waals surface area contributed by atoms with Crippen molar-refractivity contribution >= 4 is 16.8 Å². The Bertz CT molecular complexity index is 873. The molecule has 0 bridgehead atoms. The van der Waals surface area contributed by atoms with Crippen molar-refractivity contribution in [1.29, 1.82) is 0 Å². The van der Waals surface area contributed by atoms with Crippen LogP contribution in [0, 0.1) is 0 Å². The molecule has 3 aromatic rings. The highest BCUT2D eigenvalue weighted by atomic mass is 16.5. The zero-order valence-corrected chi connectivity index (χ0v) is 13.8. The van der Waals surface area contributed by atoms with Crippen LogP contribution in [0.15, 0.2) is 42.5 Å². The number of carbonyl (C=O) groups excluding carboxylic acids is 1. The highest BCUT2D eigenvalue weighted by Crippen LogP contribution is 2.29. The molecule has 6 heteroatoms. The summed E-state index contributed by atoms with van der Waals surface area (Å²) in [4.78, 5) is 12.6. The van der Waals surface area contributed by atoms with Crippen LogP contribution in [-0.2, 0) is 0 Å². The molecule has 2 N–H and O–H groups in total. The van der Waals surface area contributed by atoms with Crippen LogP contribution in [0.3, 0.4) is 0 Å². The van der Waals surface area contributed by atoms with Crippen LogP contribution in [0.2, 0.25) is 0 Å². The largest absolute Gasteiger partial charge is 0.497 e. The molecular weight excluding hydrogens is 306 g/mol. The van der Waals surface area contributed by atoms with E-state index in [9.17, 15) is 4.79 Å². The second kappa shape index (κ2) is 6.62. The highest BCUT2D eigenvalue weighted by Gasteiger charge is 2.19. The number of ether oxygens (including phenoxy) is 2. The van der Waals surface area contributed by atoms with Gasteiger partial charge in [0.05, 0.1) is 25.8 Å². The van der Waals surface area contributed by atoms with Crippen molar-refractivity contribution in [2.45, 2.75) is 13.0 Å². The first kappa shape index (κ1) is 15.9. The number of para-hydroxylation sites is 1. The van der Waals surface area contributed by atoms with Crippen molar-refractivity contribution in [3.8, 4) is 11.5 Å². The number of rotatable bonds is 5. The SMILES string of the molecule is COc1ccc(OC)c([C@H](C)NC(=O)c2n[nH]c3ccccc23)c1. The molecule has 0 saturated carbocycles. The quantitative estimate of drug-likeness (QED) is 0.756. The minimum atomic E-state index is -0.266. The topological polar surface area (TPSA) is 76.2 Å². The minimum absolute atomic E-state index is 0.246. The van der Waals surface area contributed by atoms with Gasteiger partial charge in [0.15, 0.2) is 5.69 Å². The monoisotopic (exact) mass is 325 g/mol. The molecule has 0 aliphatic heterocycles. The van der Waals surface area contributed by atoms with Crippen LogP contribution in [0.5, 0.6) is 11.5 Å². The summed E-state index contributed by atoms with van der Waals surface area (Å²) >= 11 is 0. The predicted octanol–water partition coefficient (Wildman–Crippen LogP) is 3.07. The maximum atomic E-state index is 12.6. The Balaban J connectivity index is 1.86. The molecule has 1 heterocycles. The first-order valence-corrected chi connectivity index (χ1v) is 7.60. The van der Waals surface area contributed by atoms with Crippen molar-refractivity contribution < 1.29 is 14.3 Å². The van der Waals surface area contributed by atoms with Crippen LogP contribution < -0.4 is 14.8 Å². The Labute approximate surface area is 139 Å². The van der Waals surface area contributed by atoms with Crippen molar-refractivity contribution in [2.75, 3.05) is 14.2 Å². The van der Waals surface area contributed by atoms with E-state index in [0.29, 0.717) is 17.2 Å². The normalized spacial score (nSPS) is 12.0. The predicted molar refractivity (Wildman–Crippen MR) is 91.5 cm³/mol. The summed E-state index contributed by atoms with van der Waals surface area (Å²) in [7, 11) is 3.20. The summed E-state index contributed by atoms with van der Waals surface area (Å²) in [6.45, 7) is 1.89. The van der Waals surface area contributed by atoms with Crippen molar-refractivity contribution in [2.24, 2.45) is 0 Å². The van der Waals surface area contributed by atoms with Gasteiger partial charge in [0.1, 0.15) is 11.5 Å². The maximum absolute atomic E-state index is 12.6. The zero-order chi connectivity index (χ0) is 17.1. The summed E-state index contributed by atoms with van der Waals surface area (Å²) < 4.78 is 10.6. The van der Waals surface area contributed by atoms with Gasteiger partial charge in [-0.05, 0) is 31.2 Å². The summed E-state index contributed by atoms with van der Waals surface area (Å²) in [6, 6.07) is 12.7. The molecule has 1 aromatic heterocycles. The van der Waals surface area contributed by atoms with Crippen LogP contribution in [0.25, 0.3) is 10.9 Å². The molecule has 0 saturated heterocycles. The molecule has 1 amide bonds. The van der Waals surface area contributed by atoms with E-state index < -0.39 is 0 Å². The summed E-state index contributed by atoms with van der Waals surface area (Å²) in [5, 5.41) is 10.7. The molecule has 6 nitrogen and oxygen atoms in total. The van der Waals surface area contributed by atoms with E-state index in [1.807, 2.05) is 49.4 Å². The Morgan fingerprint density at radius 1 is 1.17 bits per heavy atom. The van der Waals surface area contributed by atoms with Gasteiger partial charge in [0.25, 0.3) is 5.91 Å². The number of aromatic amines is 1. The van der Waals surface area contributed by atoms with Gasteiger partial charge < -0.3 is 14.8 Å². The van der Waals surface area contributed by atoms with Gasteiger partial charge in [-0.1, -0.05) is 18.2 Å². The van der Waals surface area contributed by atoms with E-state index in [2.05, 4.69) is 15.5 Å². The zero-order valence-electron chi connectivity index (χ0n) is 13.8. The van der Waals surface area contributed by atoms with Gasteiger partial charge in [-0.25, -0.2) is 0 Å². The first-order chi connectivity index (χ1) is 11.6. The van der Waals surface area contributed by atoms with E-state index in [-0.39, 0.29) is 11.9 Å². The van der Waals surface area contributed by atoms with Gasteiger partial charge in [0.2, 0.25) is 0 Å². The number of aromatic nitrogens is 2. The third-order valence-electron chi connectivity index (χ3n) is 3.94. The molecule has 0 unspecified atom stereocenters. The smallest absolute Gasteiger partial charge is 0.272 e. The number of nitrogens with one attached hydrogen (secondary N) is 2. The number of methoxy groups -OCH3 is 2. The fraction of sp³-hybridized carbons (Fsp3) is 0.222. The van der Waals surface area contributed by atoms with Gasteiger partial charge in [-0.2, -0.15) is 5.10 Å². The third kappa shape index (κ3) is 2.90. The Kier molecular flexibility index (Phi) is 4.37. The number of H-pyrrole nitrogens is 1. The summed E-state index contributed by atoms with van der Waals surface area (Å²) in [5.41, 5.74) is 2.04. The molecule has 0 aliphatic rings. The summed E-state index contributed by atoms with van der Waals surface area (Å²) in [6.07, 6.45) is 0.